The summed E-state index contributed by atoms with van der Waals surface area (Å²) in [4.78, 5) is 0. The molecule has 0 aromatic rings. The van der Waals surface area contributed by atoms with E-state index in [1.54, 1.807) is 13.3 Å². The molecule has 0 heterocycles. The predicted octanol–water partition coefficient (Wildman–Crippen LogP) is 1.16. The van der Waals surface area contributed by atoms with E-state index in [0.29, 0.717) is 0 Å². The van der Waals surface area contributed by atoms with E-state index in [1.807, 2.05) is 19.9 Å². The Kier molecular flexibility index (Phi) is 3.94. The summed E-state index contributed by atoms with van der Waals surface area (Å²) in [7, 11) is 1.78. The summed E-state index contributed by atoms with van der Waals surface area (Å²) in [5.41, 5.74) is 3.83. The number of rotatable bonds is 2. The fraction of sp³-hybridized carbons (Fsp3) is 0.500. The molecule has 0 aromatic carbocycles. The van der Waals surface area contributed by atoms with Gasteiger partial charge in [-0.25, -0.2) is 0 Å². The Balaban J connectivity index is 3.53. The van der Waals surface area contributed by atoms with Gasteiger partial charge < -0.3 is 5.43 Å². The van der Waals surface area contributed by atoms with Crippen LogP contribution in [0.5, 0.6) is 0 Å². The Morgan fingerprint density at radius 3 is 2.62 bits per heavy atom. The second-order valence-corrected chi connectivity index (χ2v) is 1.51. The number of hydrogen-bond acceptors (Lipinski definition) is 2. The van der Waals surface area contributed by atoms with Gasteiger partial charge in [-0.05, 0) is 19.4 Å². The van der Waals surface area contributed by atoms with E-state index in [-0.39, 0.29) is 0 Å². The van der Waals surface area contributed by atoms with Crippen LogP contribution < -0.4 is 5.43 Å². The first kappa shape index (κ1) is 7.21. The maximum absolute atomic E-state index is 3.80. The highest BCUT2D eigenvalue weighted by molar-refractivity contribution is 5.77. The Morgan fingerprint density at radius 2 is 2.25 bits per heavy atom. The molecule has 1 N–H and O–H groups in total. The minimum absolute atomic E-state index is 1.17. The molecule has 0 aliphatic heterocycles. The van der Waals surface area contributed by atoms with Crippen LogP contribution in [0.4, 0.5) is 0 Å². The Hall–Kier alpha value is -0.790. The molecular formula is C6H12N2. The van der Waals surface area contributed by atoms with Gasteiger partial charge in [0.25, 0.3) is 0 Å². The fourth-order valence-electron chi connectivity index (χ4n) is 0.241. The van der Waals surface area contributed by atoms with Crippen LogP contribution in [0.2, 0.25) is 0 Å². The Labute approximate surface area is 50.3 Å². The molecule has 2 nitrogen and oxygen atoms in total. The molecule has 0 bridgehead atoms. The van der Waals surface area contributed by atoms with Crippen LogP contribution in [0.3, 0.4) is 0 Å². The van der Waals surface area contributed by atoms with E-state index in [1.165, 1.54) is 5.57 Å². The van der Waals surface area contributed by atoms with Crippen LogP contribution in [-0.2, 0) is 0 Å². The van der Waals surface area contributed by atoms with E-state index < -0.39 is 0 Å². The third-order valence-corrected chi connectivity index (χ3v) is 0.853. The maximum Gasteiger partial charge on any atom is 0.0493 e. The molecule has 0 spiro atoms. The fourth-order valence-corrected chi connectivity index (χ4v) is 0.241. The molecule has 0 radical (unpaired) electrons. The van der Waals surface area contributed by atoms with Crippen molar-refractivity contribution >= 4 is 6.21 Å². The number of allylic oxidation sites excluding steroid dienone is 2. The number of nitrogens with zero attached hydrogens (tertiary/aromatic N) is 1. The van der Waals surface area contributed by atoms with Crippen molar-refractivity contribution in [2.24, 2.45) is 5.10 Å². The maximum atomic E-state index is 3.80. The van der Waals surface area contributed by atoms with E-state index in [4.69, 9.17) is 0 Å². The van der Waals surface area contributed by atoms with Crippen LogP contribution in [-0.4, -0.2) is 13.3 Å². The predicted molar refractivity (Wildman–Crippen MR) is 37.0 cm³/mol. The third kappa shape index (κ3) is 3.40. The van der Waals surface area contributed by atoms with Gasteiger partial charge in [-0.2, -0.15) is 5.10 Å². The zero-order valence-electron chi connectivity index (χ0n) is 5.60. The van der Waals surface area contributed by atoms with Gasteiger partial charge in [0, 0.05) is 13.3 Å². The topological polar surface area (TPSA) is 24.4 Å². The molecule has 0 atom stereocenters. The van der Waals surface area contributed by atoms with Crippen LogP contribution in [0, 0.1) is 0 Å². The lowest BCUT2D eigenvalue weighted by Crippen LogP contribution is -1.93. The summed E-state index contributed by atoms with van der Waals surface area (Å²) in [6.07, 6.45) is 3.78. The van der Waals surface area contributed by atoms with Crippen molar-refractivity contribution in [1.29, 1.82) is 0 Å². The van der Waals surface area contributed by atoms with E-state index in [9.17, 15) is 0 Å². The first-order valence-electron chi connectivity index (χ1n) is 2.64. The van der Waals surface area contributed by atoms with Gasteiger partial charge in [-0.3, -0.25) is 0 Å². The van der Waals surface area contributed by atoms with E-state index in [0.717, 1.165) is 0 Å². The molecule has 0 unspecified atom stereocenters. The van der Waals surface area contributed by atoms with Crippen molar-refractivity contribution in [3.05, 3.63) is 11.6 Å². The molecule has 0 aliphatic carbocycles. The van der Waals surface area contributed by atoms with E-state index in [2.05, 4.69) is 10.5 Å². The molecule has 46 valence electrons. The van der Waals surface area contributed by atoms with Gasteiger partial charge in [0.2, 0.25) is 0 Å². The third-order valence-electron chi connectivity index (χ3n) is 0.853. The van der Waals surface area contributed by atoms with Crippen LogP contribution in [0.15, 0.2) is 16.8 Å². The van der Waals surface area contributed by atoms with Crippen molar-refractivity contribution in [3.8, 4) is 0 Å². The van der Waals surface area contributed by atoms with Crippen LogP contribution in [0.1, 0.15) is 13.8 Å². The largest absolute Gasteiger partial charge is 0.313 e. The summed E-state index contributed by atoms with van der Waals surface area (Å²) < 4.78 is 0. The zero-order valence-corrected chi connectivity index (χ0v) is 5.60. The molecule has 0 aromatic heterocycles. The van der Waals surface area contributed by atoms with Gasteiger partial charge in [-0.1, -0.05) is 6.08 Å². The van der Waals surface area contributed by atoms with Crippen molar-refractivity contribution < 1.29 is 0 Å². The van der Waals surface area contributed by atoms with Gasteiger partial charge in [0.05, 0.1) is 0 Å². The van der Waals surface area contributed by atoms with Gasteiger partial charge >= 0.3 is 0 Å². The highest BCUT2D eigenvalue weighted by atomic mass is 15.3. The lowest BCUT2D eigenvalue weighted by atomic mass is 10.3. The monoisotopic (exact) mass is 112 g/mol. The average molecular weight is 112 g/mol. The molecule has 0 amide bonds. The minimum atomic E-state index is 1.17. The first-order chi connectivity index (χ1) is 3.81. The van der Waals surface area contributed by atoms with Gasteiger partial charge in [0.1, 0.15) is 0 Å². The molecule has 0 saturated carbocycles. The lowest BCUT2D eigenvalue weighted by Gasteiger charge is -1.85. The van der Waals surface area contributed by atoms with Crippen molar-refractivity contribution in [2.45, 2.75) is 13.8 Å². The van der Waals surface area contributed by atoms with Crippen LogP contribution in [0.25, 0.3) is 0 Å². The highest BCUT2D eigenvalue weighted by Crippen LogP contribution is 1.82. The second-order valence-electron chi connectivity index (χ2n) is 1.51. The number of hydrogen-bond donors (Lipinski definition) is 1. The van der Waals surface area contributed by atoms with Crippen molar-refractivity contribution in [3.63, 3.8) is 0 Å². The molecule has 0 rings (SSSR count). The van der Waals surface area contributed by atoms with Gasteiger partial charge in [0.15, 0.2) is 0 Å². The summed E-state index contributed by atoms with van der Waals surface area (Å²) in [5, 5.41) is 3.80. The first-order valence-corrected chi connectivity index (χ1v) is 2.64. The molecule has 0 saturated heterocycles. The molecule has 2 heteroatoms. The van der Waals surface area contributed by atoms with Crippen LogP contribution >= 0.6 is 0 Å². The standard InChI is InChI=1S/C6H12N2/c1-4-6(2)5-8-7-3/h4-5,7H,1-3H3/b6-4+,8-5-. The number of nitrogens with one attached hydrogen (secondary N) is 1. The Bertz CT molecular complexity index is 103. The van der Waals surface area contributed by atoms with E-state index >= 15 is 0 Å². The summed E-state index contributed by atoms with van der Waals surface area (Å²) in [6, 6.07) is 0. The summed E-state index contributed by atoms with van der Waals surface area (Å²) in [6.45, 7) is 3.98. The second kappa shape index (κ2) is 4.37. The smallest absolute Gasteiger partial charge is 0.0493 e. The van der Waals surface area contributed by atoms with Gasteiger partial charge in [-0.15, -0.1) is 0 Å². The molecular weight excluding hydrogens is 100 g/mol. The Morgan fingerprint density at radius 1 is 1.62 bits per heavy atom. The summed E-state index contributed by atoms with van der Waals surface area (Å²) >= 11 is 0. The zero-order chi connectivity index (χ0) is 6.41. The van der Waals surface area contributed by atoms with Crippen molar-refractivity contribution in [1.82, 2.24) is 5.43 Å². The summed E-state index contributed by atoms with van der Waals surface area (Å²) in [5.74, 6) is 0. The average Bonchev–Trinajstić information content (AvgIpc) is 1.83. The quantitative estimate of drug-likeness (QED) is 0.420. The van der Waals surface area contributed by atoms with Crippen molar-refractivity contribution in [2.75, 3.05) is 7.05 Å². The number of hydrazone groups is 1. The normalized spacial score (nSPS) is 12.6. The minimum Gasteiger partial charge on any atom is -0.313 e. The SMILES string of the molecule is C/C=C(C)/C=N\NC. The molecule has 8 heavy (non-hydrogen) atoms. The molecule has 0 fully saturated rings. The molecule has 0 aliphatic rings. The lowest BCUT2D eigenvalue weighted by molar-refractivity contribution is 0.907. The highest BCUT2D eigenvalue weighted by Gasteiger charge is 1.73.